The lowest BCUT2D eigenvalue weighted by Gasteiger charge is -1.99. The second-order valence-corrected chi connectivity index (χ2v) is 2.90. The molecule has 0 aliphatic heterocycles. The van der Waals surface area contributed by atoms with Gasteiger partial charge in [0.15, 0.2) is 5.65 Å². The zero-order chi connectivity index (χ0) is 10.1. The monoisotopic (exact) mass is 188 g/mol. The Kier molecular flexibility index (Phi) is 1.78. The number of carbonyl (C=O) groups is 1. The van der Waals surface area contributed by atoms with Crippen molar-refractivity contribution in [3.8, 4) is 0 Å². The van der Waals surface area contributed by atoms with E-state index in [9.17, 15) is 4.79 Å². The summed E-state index contributed by atoms with van der Waals surface area (Å²) in [6.07, 6.45) is 2.91. The Morgan fingerprint density at radius 3 is 2.64 bits per heavy atom. The summed E-state index contributed by atoms with van der Waals surface area (Å²) in [6, 6.07) is 3.32. The van der Waals surface area contributed by atoms with Crippen LogP contribution in [0.4, 0.5) is 5.69 Å². The molecular formula is C9H8N4O. The first-order valence-corrected chi connectivity index (χ1v) is 3.98. The molecule has 14 heavy (non-hydrogen) atoms. The van der Waals surface area contributed by atoms with Crippen molar-refractivity contribution < 1.29 is 4.79 Å². The molecule has 0 saturated carbocycles. The van der Waals surface area contributed by atoms with Crippen molar-refractivity contribution in [3.05, 3.63) is 30.1 Å². The third kappa shape index (κ3) is 1.35. The van der Waals surface area contributed by atoms with Gasteiger partial charge in [-0.15, -0.1) is 0 Å². The summed E-state index contributed by atoms with van der Waals surface area (Å²) in [5, 5.41) is 0.710. The van der Waals surface area contributed by atoms with E-state index in [1.165, 1.54) is 12.4 Å². The van der Waals surface area contributed by atoms with Gasteiger partial charge in [0, 0.05) is 11.6 Å². The highest BCUT2D eigenvalue weighted by atomic mass is 16.1. The van der Waals surface area contributed by atoms with Crippen LogP contribution in [0, 0.1) is 0 Å². The Balaban J connectivity index is 2.69. The van der Waals surface area contributed by atoms with Crippen LogP contribution in [-0.2, 0) is 0 Å². The maximum atomic E-state index is 10.9. The lowest BCUT2D eigenvalue weighted by molar-refractivity contribution is 0.1000. The van der Waals surface area contributed by atoms with Crippen molar-refractivity contribution in [3.63, 3.8) is 0 Å². The number of hydrogen-bond acceptors (Lipinski definition) is 4. The van der Waals surface area contributed by atoms with Crippen molar-refractivity contribution >= 4 is 22.6 Å². The normalized spacial score (nSPS) is 10.3. The van der Waals surface area contributed by atoms with Crippen LogP contribution in [0.2, 0.25) is 0 Å². The molecule has 1 amide bonds. The molecule has 2 aromatic rings. The number of pyridine rings is 2. The maximum absolute atomic E-state index is 10.9. The van der Waals surface area contributed by atoms with Gasteiger partial charge in [0.2, 0.25) is 5.91 Å². The van der Waals surface area contributed by atoms with Crippen molar-refractivity contribution in [2.45, 2.75) is 0 Å². The molecule has 0 aromatic carbocycles. The smallest absolute Gasteiger partial charge is 0.250 e. The molecule has 0 fully saturated rings. The molecule has 2 heterocycles. The van der Waals surface area contributed by atoms with Gasteiger partial charge in [-0.2, -0.15) is 0 Å². The molecule has 0 aliphatic carbocycles. The van der Waals surface area contributed by atoms with Gasteiger partial charge in [0.05, 0.1) is 17.4 Å². The Hall–Kier alpha value is -2.17. The van der Waals surface area contributed by atoms with E-state index in [0.29, 0.717) is 22.3 Å². The van der Waals surface area contributed by atoms with Crippen LogP contribution in [0.5, 0.6) is 0 Å². The topological polar surface area (TPSA) is 94.9 Å². The number of hydrogen-bond donors (Lipinski definition) is 2. The van der Waals surface area contributed by atoms with Crippen LogP contribution in [0.25, 0.3) is 11.0 Å². The van der Waals surface area contributed by atoms with Crippen LogP contribution in [0.15, 0.2) is 24.5 Å². The van der Waals surface area contributed by atoms with Gasteiger partial charge in [0.25, 0.3) is 0 Å². The fourth-order valence-corrected chi connectivity index (χ4v) is 1.18. The molecule has 0 bridgehead atoms. The van der Waals surface area contributed by atoms with E-state index in [-0.39, 0.29) is 0 Å². The third-order valence-electron chi connectivity index (χ3n) is 1.84. The number of aromatic nitrogens is 2. The van der Waals surface area contributed by atoms with Crippen molar-refractivity contribution in [2.75, 3.05) is 5.73 Å². The number of primary amides is 1. The number of rotatable bonds is 1. The lowest BCUT2D eigenvalue weighted by Crippen LogP contribution is -2.11. The summed E-state index contributed by atoms with van der Waals surface area (Å²) >= 11 is 0. The van der Waals surface area contributed by atoms with E-state index in [4.69, 9.17) is 11.5 Å². The van der Waals surface area contributed by atoms with Gasteiger partial charge >= 0.3 is 0 Å². The van der Waals surface area contributed by atoms with Crippen LogP contribution in [0.3, 0.4) is 0 Å². The zero-order valence-corrected chi connectivity index (χ0v) is 7.27. The summed E-state index contributed by atoms with van der Waals surface area (Å²) in [5.41, 5.74) is 12.1. The van der Waals surface area contributed by atoms with E-state index >= 15 is 0 Å². The first-order valence-electron chi connectivity index (χ1n) is 3.98. The molecule has 0 unspecified atom stereocenters. The molecule has 5 heteroatoms. The lowest BCUT2D eigenvalue weighted by atomic mass is 10.2. The Labute approximate surface area is 79.8 Å². The summed E-state index contributed by atoms with van der Waals surface area (Å²) in [7, 11) is 0. The zero-order valence-electron chi connectivity index (χ0n) is 7.27. The quantitative estimate of drug-likeness (QED) is 0.673. The molecule has 2 rings (SSSR count). The van der Waals surface area contributed by atoms with Gasteiger partial charge in [-0.3, -0.25) is 4.79 Å². The van der Waals surface area contributed by atoms with Gasteiger partial charge < -0.3 is 11.5 Å². The molecule has 4 N–H and O–H groups in total. The van der Waals surface area contributed by atoms with Crippen LogP contribution in [-0.4, -0.2) is 15.9 Å². The number of amides is 1. The van der Waals surface area contributed by atoms with Crippen LogP contribution >= 0.6 is 0 Å². The summed E-state index contributed by atoms with van der Waals surface area (Å²) in [4.78, 5) is 18.8. The van der Waals surface area contributed by atoms with Crippen LogP contribution in [0.1, 0.15) is 10.4 Å². The van der Waals surface area contributed by atoms with Gasteiger partial charge in [-0.05, 0) is 12.1 Å². The van der Waals surface area contributed by atoms with Gasteiger partial charge in [0.1, 0.15) is 0 Å². The Bertz CT molecular complexity index is 509. The molecule has 0 spiro atoms. The molecule has 5 nitrogen and oxygen atoms in total. The average Bonchev–Trinajstić information content (AvgIpc) is 2.16. The van der Waals surface area contributed by atoms with E-state index in [1.54, 1.807) is 12.1 Å². The SMILES string of the molecule is NC(=O)c1cnc2ncc(N)cc2c1. The number of nitrogen functional groups attached to an aromatic ring is 1. The van der Waals surface area contributed by atoms with E-state index in [1.807, 2.05) is 0 Å². The van der Waals surface area contributed by atoms with E-state index in [2.05, 4.69) is 9.97 Å². The van der Waals surface area contributed by atoms with Crippen LogP contribution < -0.4 is 11.5 Å². The number of carbonyl (C=O) groups excluding carboxylic acids is 1. The molecule has 0 aliphatic rings. The molecule has 0 atom stereocenters. The second-order valence-electron chi connectivity index (χ2n) is 2.90. The molecule has 0 radical (unpaired) electrons. The highest BCUT2D eigenvalue weighted by molar-refractivity contribution is 5.95. The van der Waals surface area contributed by atoms with E-state index < -0.39 is 5.91 Å². The predicted octanol–water partition coefficient (Wildman–Crippen LogP) is 0.311. The first kappa shape index (κ1) is 8.43. The predicted molar refractivity (Wildman–Crippen MR) is 52.5 cm³/mol. The highest BCUT2D eigenvalue weighted by Gasteiger charge is 2.03. The summed E-state index contributed by atoms with van der Waals surface area (Å²) in [5.74, 6) is -0.512. The minimum Gasteiger partial charge on any atom is -0.397 e. The minimum atomic E-state index is -0.512. The van der Waals surface area contributed by atoms with Crippen molar-refractivity contribution in [2.24, 2.45) is 5.73 Å². The number of anilines is 1. The van der Waals surface area contributed by atoms with E-state index in [0.717, 1.165) is 0 Å². The second kappa shape index (κ2) is 2.95. The Morgan fingerprint density at radius 1 is 1.21 bits per heavy atom. The average molecular weight is 188 g/mol. The first-order chi connectivity index (χ1) is 6.66. The number of nitrogens with zero attached hydrogens (tertiary/aromatic N) is 2. The van der Waals surface area contributed by atoms with Crippen molar-refractivity contribution in [1.29, 1.82) is 0 Å². The third-order valence-corrected chi connectivity index (χ3v) is 1.84. The van der Waals surface area contributed by atoms with Gasteiger partial charge in [-0.25, -0.2) is 9.97 Å². The fourth-order valence-electron chi connectivity index (χ4n) is 1.18. The molecule has 70 valence electrons. The highest BCUT2D eigenvalue weighted by Crippen LogP contribution is 2.13. The fraction of sp³-hybridized carbons (Fsp3) is 0. The minimum absolute atomic E-state index is 0.352. The summed E-state index contributed by atoms with van der Waals surface area (Å²) in [6.45, 7) is 0. The number of nitrogens with two attached hydrogens (primary N) is 2. The standard InChI is InChI=1S/C9H8N4O/c10-7-2-5-1-6(8(11)14)3-12-9(5)13-4-7/h1-4H,10H2,(H2,11,14). The Morgan fingerprint density at radius 2 is 1.93 bits per heavy atom. The molecule has 2 aromatic heterocycles. The summed E-state index contributed by atoms with van der Waals surface area (Å²) < 4.78 is 0. The maximum Gasteiger partial charge on any atom is 0.250 e. The molecule has 0 saturated heterocycles. The van der Waals surface area contributed by atoms with Crippen molar-refractivity contribution in [1.82, 2.24) is 9.97 Å². The largest absolute Gasteiger partial charge is 0.397 e. The molecular weight excluding hydrogens is 180 g/mol. The van der Waals surface area contributed by atoms with Gasteiger partial charge in [-0.1, -0.05) is 0 Å². The number of fused-ring (bicyclic) bond motifs is 1.